The molecule has 2 amide bonds. The Balaban J connectivity index is 1.78. The van der Waals surface area contributed by atoms with Gasteiger partial charge in [0, 0.05) is 19.4 Å². The Morgan fingerprint density at radius 1 is 1.00 bits per heavy atom. The lowest BCUT2D eigenvalue weighted by molar-refractivity contribution is -0.128. The average molecular weight is 597 g/mol. The van der Waals surface area contributed by atoms with Gasteiger partial charge in [-0.2, -0.15) is 0 Å². The first-order valence-electron chi connectivity index (χ1n) is 15.8. The van der Waals surface area contributed by atoms with Crippen LogP contribution in [-0.4, -0.2) is 46.0 Å². The van der Waals surface area contributed by atoms with Gasteiger partial charge >= 0.3 is 0 Å². The van der Waals surface area contributed by atoms with Crippen molar-refractivity contribution in [1.82, 2.24) is 10.6 Å². The molecule has 0 unspecified atom stereocenters. The summed E-state index contributed by atoms with van der Waals surface area (Å²) < 4.78 is 13.6. The van der Waals surface area contributed by atoms with Crippen molar-refractivity contribution >= 4 is 17.6 Å². The number of phenolic OH excluding ortho intramolecular Hbond substituents is 1. The second-order valence-electron chi connectivity index (χ2n) is 12.6. The molecule has 2 aromatic carbocycles. The molecule has 1 fully saturated rings. The molecule has 236 valence electrons. The maximum absolute atomic E-state index is 13.6. The Morgan fingerprint density at radius 2 is 1.70 bits per heavy atom. The average Bonchev–Trinajstić information content (AvgIpc) is 2.96. The van der Waals surface area contributed by atoms with Crippen molar-refractivity contribution in [2.45, 2.75) is 110 Å². The number of aliphatic hydroxyl groups excluding tert-OH is 1. The SMILES string of the molecule is CC(=O)N[C@H](C(=O)C[C@H](CCCC1CCCCC1)C[C@@H](O)[C@H](Cc1ccccc1)NC(=O)c1ccc(F)cc1O)C(C)C. The molecule has 43 heavy (non-hydrogen) atoms. The lowest BCUT2D eigenvalue weighted by Crippen LogP contribution is -2.46. The molecule has 1 saturated carbocycles. The Kier molecular flexibility index (Phi) is 13.6. The largest absolute Gasteiger partial charge is 0.507 e. The van der Waals surface area contributed by atoms with Crippen molar-refractivity contribution in [3.63, 3.8) is 0 Å². The lowest BCUT2D eigenvalue weighted by atomic mass is 9.81. The van der Waals surface area contributed by atoms with Crippen molar-refractivity contribution in [3.05, 3.63) is 65.5 Å². The molecule has 7 nitrogen and oxygen atoms in total. The van der Waals surface area contributed by atoms with Crippen LogP contribution >= 0.6 is 0 Å². The molecular weight excluding hydrogens is 547 g/mol. The van der Waals surface area contributed by atoms with Gasteiger partial charge in [-0.1, -0.05) is 89.1 Å². The number of halogens is 1. The Morgan fingerprint density at radius 3 is 2.33 bits per heavy atom. The first-order valence-corrected chi connectivity index (χ1v) is 15.8. The molecule has 4 N–H and O–H groups in total. The third kappa shape index (κ3) is 11.4. The van der Waals surface area contributed by atoms with Gasteiger partial charge in [-0.25, -0.2) is 4.39 Å². The van der Waals surface area contributed by atoms with Crippen molar-refractivity contribution in [3.8, 4) is 5.75 Å². The molecule has 0 radical (unpaired) electrons. The molecular formula is C35H49FN2O5. The summed E-state index contributed by atoms with van der Waals surface area (Å²) in [7, 11) is 0. The van der Waals surface area contributed by atoms with Crippen molar-refractivity contribution < 1.29 is 29.0 Å². The summed E-state index contributed by atoms with van der Waals surface area (Å²) >= 11 is 0. The van der Waals surface area contributed by atoms with E-state index in [9.17, 15) is 29.0 Å². The first kappa shape index (κ1) is 34.2. The van der Waals surface area contributed by atoms with Crippen LogP contribution in [0.3, 0.4) is 0 Å². The van der Waals surface area contributed by atoms with Crippen molar-refractivity contribution in [1.29, 1.82) is 0 Å². The van der Waals surface area contributed by atoms with E-state index in [0.29, 0.717) is 12.3 Å². The minimum atomic E-state index is -0.988. The zero-order valence-electron chi connectivity index (χ0n) is 25.9. The lowest BCUT2D eigenvalue weighted by Gasteiger charge is -2.29. The van der Waals surface area contributed by atoms with E-state index in [2.05, 4.69) is 10.6 Å². The molecule has 0 aliphatic heterocycles. The second-order valence-corrected chi connectivity index (χ2v) is 12.6. The fraction of sp³-hybridized carbons (Fsp3) is 0.571. The molecule has 4 atom stereocenters. The van der Waals surface area contributed by atoms with E-state index in [-0.39, 0.29) is 41.9 Å². The molecule has 0 heterocycles. The maximum atomic E-state index is 13.6. The van der Waals surface area contributed by atoms with Crippen LogP contribution in [0.4, 0.5) is 4.39 Å². The van der Waals surface area contributed by atoms with Crippen LogP contribution < -0.4 is 10.6 Å². The quantitative estimate of drug-likeness (QED) is 0.187. The number of phenols is 1. The highest BCUT2D eigenvalue weighted by Gasteiger charge is 2.30. The molecule has 3 rings (SSSR count). The Labute approximate surface area is 255 Å². The van der Waals surface area contributed by atoms with Crippen LogP contribution in [0.15, 0.2) is 48.5 Å². The van der Waals surface area contributed by atoms with Gasteiger partial charge in [-0.3, -0.25) is 14.4 Å². The van der Waals surface area contributed by atoms with Crippen LogP contribution in [0.2, 0.25) is 0 Å². The molecule has 2 aromatic rings. The highest BCUT2D eigenvalue weighted by atomic mass is 19.1. The number of carbonyl (C=O) groups excluding carboxylic acids is 3. The summed E-state index contributed by atoms with van der Waals surface area (Å²) in [5.41, 5.74) is 0.826. The van der Waals surface area contributed by atoms with Gasteiger partial charge in [0.15, 0.2) is 5.78 Å². The van der Waals surface area contributed by atoms with E-state index in [1.54, 1.807) is 0 Å². The third-order valence-electron chi connectivity index (χ3n) is 8.67. The monoisotopic (exact) mass is 596 g/mol. The van der Waals surface area contributed by atoms with E-state index in [0.717, 1.165) is 37.0 Å². The first-order chi connectivity index (χ1) is 20.5. The minimum Gasteiger partial charge on any atom is -0.507 e. The van der Waals surface area contributed by atoms with Gasteiger partial charge in [-0.15, -0.1) is 0 Å². The number of rotatable bonds is 16. The number of amides is 2. The maximum Gasteiger partial charge on any atom is 0.255 e. The van der Waals surface area contributed by atoms with Crippen LogP contribution in [-0.2, 0) is 16.0 Å². The predicted octanol–water partition coefficient (Wildman–Crippen LogP) is 6.11. The van der Waals surface area contributed by atoms with Crippen molar-refractivity contribution in [2.75, 3.05) is 0 Å². The van der Waals surface area contributed by atoms with Gasteiger partial charge < -0.3 is 20.8 Å². The number of aliphatic hydroxyl groups is 1. The van der Waals surface area contributed by atoms with Gasteiger partial charge in [0.2, 0.25) is 5.91 Å². The van der Waals surface area contributed by atoms with E-state index < -0.39 is 35.7 Å². The Bertz CT molecular complexity index is 1180. The number of aromatic hydroxyl groups is 1. The molecule has 0 spiro atoms. The molecule has 8 heteroatoms. The van der Waals surface area contributed by atoms with Crippen LogP contribution in [0.1, 0.15) is 101 Å². The predicted molar refractivity (Wildman–Crippen MR) is 166 cm³/mol. The zero-order valence-corrected chi connectivity index (χ0v) is 25.9. The number of hydrogen-bond acceptors (Lipinski definition) is 5. The highest BCUT2D eigenvalue weighted by Crippen LogP contribution is 2.30. The standard InChI is InChI=1S/C35H49FN2O5/c1-23(2)34(37-24(3)39)33(42)21-27(16-10-15-25-11-6-4-7-12-25)20-32(41)30(19-26-13-8-5-9-14-26)38-35(43)29-18-17-28(36)22-31(29)40/h5,8-9,13-14,17-18,22-23,25,27,30,32,34,40-41H,4,6-7,10-12,15-16,19-21H2,1-3H3,(H,37,39)(H,38,43)/t27-,30+,32-,34+/m1/s1. The van der Waals surface area contributed by atoms with Crippen LogP contribution in [0, 0.1) is 23.6 Å². The summed E-state index contributed by atoms with van der Waals surface area (Å²) in [5.74, 6) is -1.58. The van der Waals surface area contributed by atoms with E-state index in [4.69, 9.17) is 0 Å². The fourth-order valence-corrected chi connectivity index (χ4v) is 6.32. The summed E-state index contributed by atoms with van der Waals surface area (Å²) in [5, 5.41) is 27.4. The van der Waals surface area contributed by atoms with Gasteiger partial charge in [0.1, 0.15) is 11.6 Å². The van der Waals surface area contributed by atoms with E-state index in [1.165, 1.54) is 45.1 Å². The van der Waals surface area contributed by atoms with Crippen LogP contribution in [0.25, 0.3) is 0 Å². The number of benzene rings is 2. The third-order valence-corrected chi connectivity index (χ3v) is 8.67. The number of Topliss-reactive ketones (excluding diaryl/α,β-unsaturated/α-hetero) is 1. The number of ketones is 1. The molecule has 1 aliphatic carbocycles. The summed E-state index contributed by atoms with van der Waals surface area (Å²) in [6.07, 6.45) is 8.96. The van der Waals surface area contributed by atoms with Gasteiger partial charge in [0.05, 0.1) is 23.8 Å². The van der Waals surface area contributed by atoms with E-state index >= 15 is 0 Å². The fourth-order valence-electron chi connectivity index (χ4n) is 6.32. The summed E-state index contributed by atoms with van der Waals surface area (Å²) in [4.78, 5) is 38.4. The van der Waals surface area contributed by atoms with Gasteiger partial charge in [-0.05, 0) is 54.7 Å². The number of carbonyl (C=O) groups is 3. The summed E-state index contributed by atoms with van der Waals surface area (Å²) in [6, 6.07) is 11.4. The molecule has 0 saturated heterocycles. The zero-order chi connectivity index (χ0) is 31.4. The topological polar surface area (TPSA) is 116 Å². The Hall–Kier alpha value is -3.26. The number of hydrogen-bond donors (Lipinski definition) is 4. The van der Waals surface area contributed by atoms with Crippen molar-refractivity contribution in [2.24, 2.45) is 17.8 Å². The minimum absolute atomic E-state index is 0.0556. The molecule has 1 aliphatic rings. The highest BCUT2D eigenvalue weighted by molar-refractivity contribution is 5.97. The molecule has 0 aromatic heterocycles. The summed E-state index contributed by atoms with van der Waals surface area (Å²) in [6.45, 7) is 5.22. The second kappa shape index (κ2) is 17.1. The van der Waals surface area contributed by atoms with Crippen LogP contribution in [0.5, 0.6) is 5.75 Å². The smallest absolute Gasteiger partial charge is 0.255 e. The van der Waals surface area contributed by atoms with E-state index in [1.807, 2.05) is 44.2 Å². The molecule has 0 bridgehead atoms. The normalized spacial score (nSPS) is 16.7. The van der Waals surface area contributed by atoms with Gasteiger partial charge in [0.25, 0.3) is 5.91 Å². The number of nitrogens with one attached hydrogen (secondary N) is 2.